The highest BCUT2D eigenvalue weighted by Gasteiger charge is 1.89. The smallest absolute Gasteiger partial charge is 0.123 e. The molecule has 0 atom stereocenters. The lowest BCUT2D eigenvalue weighted by atomic mass is 10.2. The minimum atomic E-state index is -0.211. The van der Waals surface area contributed by atoms with Gasteiger partial charge in [-0.2, -0.15) is 0 Å². The molecule has 0 saturated carbocycles. The van der Waals surface area contributed by atoms with Crippen LogP contribution in [0.5, 0.6) is 0 Å². The number of rotatable bonds is 1. The van der Waals surface area contributed by atoms with Crippen molar-refractivity contribution in [2.75, 3.05) is 0 Å². The molecule has 0 fully saturated rings. The molecule has 0 N–H and O–H groups in total. The fourth-order valence-electron chi connectivity index (χ4n) is 0.627. The quantitative estimate of drug-likeness (QED) is 0.563. The van der Waals surface area contributed by atoms with Crippen molar-refractivity contribution in [1.29, 1.82) is 0 Å². The monoisotopic (exact) mass is 141 g/mol. The molecule has 0 bridgehead atoms. The van der Waals surface area contributed by atoms with E-state index in [0.717, 1.165) is 5.56 Å². The average molecular weight is 141 g/mol. The third-order valence-electron chi connectivity index (χ3n) is 1.06. The zero-order valence-corrected chi connectivity index (χ0v) is 5.62. The molecule has 0 nitrogen and oxygen atoms in total. The van der Waals surface area contributed by atoms with Gasteiger partial charge < -0.3 is 0 Å². The molecule has 0 spiro atoms. The highest BCUT2D eigenvalue weighted by atomic mass is 32.1. The lowest BCUT2D eigenvalue weighted by molar-refractivity contribution is 0.626. The third-order valence-corrected chi connectivity index (χ3v) is 1.39. The number of benzene rings is 1. The summed E-state index contributed by atoms with van der Waals surface area (Å²) in [6, 6.07) is 6.34. The SMILES string of the molecule is Fc1cccc(C[S])c1. The molecule has 47 valence electrons. The molecule has 0 amide bonds. The average Bonchev–Trinajstić information content (AvgIpc) is 1.88. The minimum absolute atomic E-state index is 0.211. The van der Waals surface area contributed by atoms with E-state index in [-0.39, 0.29) is 5.82 Å². The molecule has 0 aliphatic heterocycles. The molecule has 0 heterocycles. The van der Waals surface area contributed by atoms with E-state index in [4.69, 9.17) is 12.6 Å². The second-order valence-corrected chi connectivity index (χ2v) is 2.06. The van der Waals surface area contributed by atoms with Crippen molar-refractivity contribution in [1.82, 2.24) is 0 Å². The van der Waals surface area contributed by atoms with Crippen LogP contribution in [0.25, 0.3) is 0 Å². The van der Waals surface area contributed by atoms with Crippen molar-refractivity contribution in [2.45, 2.75) is 5.75 Å². The van der Waals surface area contributed by atoms with Crippen LogP contribution < -0.4 is 0 Å². The summed E-state index contributed by atoms with van der Waals surface area (Å²) in [7, 11) is 0. The van der Waals surface area contributed by atoms with Gasteiger partial charge in [0.15, 0.2) is 0 Å². The van der Waals surface area contributed by atoms with Crippen LogP contribution in [0.3, 0.4) is 0 Å². The maximum Gasteiger partial charge on any atom is 0.123 e. The van der Waals surface area contributed by atoms with Gasteiger partial charge in [0.05, 0.1) is 0 Å². The Balaban J connectivity index is 2.94. The highest BCUT2D eigenvalue weighted by molar-refractivity contribution is 7.79. The van der Waals surface area contributed by atoms with Crippen LogP contribution in [0.4, 0.5) is 4.39 Å². The van der Waals surface area contributed by atoms with E-state index in [1.54, 1.807) is 6.07 Å². The van der Waals surface area contributed by atoms with Gasteiger partial charge in [-0.3, -0.25) is 0 Å². The predicted octanol–water partition coefficient (Wildman–Crippen LogP) is 2.52. The number of hydrogen-bond acceptors (Lipinski definition) is 0. The molecular weight excluding hydrogens is 135 g/mol. The number of halogens is 1. The second-order valence-electron chi connectivity index (χ2n) is 1.77. The molecule has 1 aromatic rings. The van der Waals surface area contributed by atoms with Gasteiger partial charge >= 0.3 is 0 Å². The Hall–Kier alpha value is -0.500. The van der Waals surface area contributed by atoms with Crippen molar-refractivity contribution in [3.63, 3.8) is 0 Å². The minimum Gasteiger partial charge on any atom is -0.207 e. The number of hydrogen-bond donors (Lipinski definition) is 0. The van der Waals surface area contributed by atoms with Crippen LogP contribution in [0, 0.1) is 5.82 Å². The molecule has 1 aromatic carbocycles. The van der Waals surface area contributed by atoms with E-state index in [1.807, 2.05) is 6.07 Å². The highest BCUT2D eigenvalue weighted by Crippen LogP contribution is 2.04. The molecule has 0 aliphatic rings. The molecule has 1 rings (SSSR count). The molecule has 9 heavy (non-hydrogen) atoms. The summed E-state index contributed by atoms with van der Waals surface area (Å²) in [5.74, 6) is 0.273. The van der Waals surface area contributed by atoms with Crippen LogP contribution in [0.15, 0.2) is 24.3 Å². The molecular formula is C7H6FS. The first-order chi connectivity index (χ1) is 4.33. The Bertz CT molecular complexity index is 198. The maximum absolute atomic E-state index is 12.3. The summed E-state index contributed by atoms with van der Waals surface area (Å²) in [4.78, 5) is 0. The fraction of sp³-hybridized carbons (Fsp3) is 0.143. The molecule has 2 heteroatoms. The Labute approximate surface area is 59.1 Å². The van der Waals surface area contributed by atoms with Crippen molar-refractivity contribution in [3.8, 4) is 0 Å². The maximum atomic E-state index is 12.3. The summed E-state index contributed by atoms with van der Waals surface area (Å²) in [6.07, 6.45) is 0. The predicted molar refractivity (Wildman–Crippen MR) is 37.7 cm³/mol. The van der Waals surface area contributed by atoms with E-state index in [0.29, 0.717) is 5.75 Å². The molecule has 1 radical (unpaired) electrons. The summed E-state index contributed by atoms with van der Waals surface area (Å²) in [5.41, 5.74) is 0.866. The van der Waals surface area contributed by atoms with Crippen LogP contribution in [0.2, 0.25) is 0 Å². The van der Waals surface area contributed by atoms with E-state index < -0.39 is 0 Å². The molecule has 0 saturated heterocycles. The Morgan fingerprint density at radius 3 is 2.67 bits per heavy atom. The van der Waals surface area contributed by atoms with Gasteiger partial charge in [0, 0.05) is 5.75 Å². The van der Waals surface area contributed by atoms with Gasteiger partial charge in [0.2, 0.25) is 0 Å². The lowest BCUT2D eigenvalue weighted by Gasteiger charge is -1.91. The zero-order chi connectivity index (χ0) is 6.69. The first kappa shape index (κ1) is 6.62. The topological polar surface area (TPSA) is 0 Å². The normalized spacial score (nSPS) is 9.56. The largest absolute Gasteiger partial charge is 0.207 e. The summed E-state index contributed by atoms with van der Waals surface area (Å²) < 4.78 is 12.3. The Kier molecular flexibility index (Phi) is 2.11. The van der Waals surface area contributed by atoms with Crippen LogP contribution in [-0.2, 0) is 5.75 Å². The summed E-state index contributed by atoms with van der Waals surface area (Å²) >= 11 is 4.71. The van der Waals surface area contributed by atoms with Crippen molar-refractivity contribution < 1.29 is 4.39 Å². The van der Waals surface area contributed by atoms with Crippen molar-refractivity contribution >= 4 is 12.6 Å². The first-order valence-corrected chi connectivity index (χ1v) is 3.23. The van der Waals surface area contributed by atoms with Crippen LogP contribution in [-0.4, -0.2) is 0 Å². The van der Waals surface area contributed by atoms with Gasteiger partial charge in [0.1, 0.15) is 5.82 Å². The Morgan fingerprint density at radius 1 is 1.44 bits per heavy atom. The summed E-state index contributed by atoms with van der Waals surface area (Å²) in [5, 5.41) is 0. The first-order valence-electron chi connectivity index (χ1n) is 2.65. The molecule has 0 aromatic heterocycles. The fourth-order valence-corrected chi connectivity index (χ4v) is 0.806. The standard InChI is InChI=1S/C7H6FS/c8-7-3-1-2-6(4-7)5-9/h1-4H,5H2. The van der Waals surface area contributed by atoms with Crippen LogP contribution in [0.1, 0.15) is 5.56 Å². The van der Waals surface area contributed by atoms with Gasteiger partial charge in [-0.25, -0.2) is 4.39 Å². The lowest BCUT2D eigenvalue weighted by Crippen LogP contribution is -1.77. The van der Waals surface area contributed by atoms with E-state index in [2.05, 4.69) is 0 Å². The second kappa shape index (κ2) is 2.87. The Morgan fingerprint density at radius 2 is 2.22 bits per heavy atom. The third kappa shape index (κ3) is 1.72. The van der Waals surface area contributed by atoms with Crippen LogP contribution >= 0.6 is 12.6 Å². The molecule has 0 unspecified atom stereocenters. The molecule has 0 aliphatic carbocycles. The van der Waals surface area contributed by atoms with Gasteiger partial charge in [-0.05, 0) is 17.7 Å². The van der Waals surface area contributed by atoms with Gasteiger partial charge in [-0.15, -0.1) is 0 Å². The zero-order valence-electron chi connectivity index (χ0n) is 4.80. The van der Waals surface area contributed by atoms with E-state index in [1.165, 1.54) is 12.1 Å². The summed E-state index contributed by atoms with van der Waals surface area (Å²) in [6.45, 7) is 0. The van der Waals surface area contributed by atoms with E-state index in [9.17, 15) is 4.39 Å². The van der Waals surface area contributed by atoms with E-state index >= 15 is 0 Å². The van der Waals surface area contributed by atoms with Crippen molar-refractivity contribution in [2.24, 2.45) is 0 Å². The van der Waals surface area contributed by atoms with Gasteiger partial charge in [-0.1, -0.05) is 24.8 Å². The van der Waals surface area contributed by atoms with Crippen molar-refractivity contribution in [3.05, 3.63) is 35.6 Å². The van der Waals surface area contributed by atoms with Gasteiger partial charge in [0.25, 0.3) is 0 Å².